The number of rotatable bonds is 8. The molecule has 0 aliphatic carbocycles. The van der Waals surface area contributed by atoms with E-state index in [9.17, 15) is 4.79 Å². The van der Waals surface area contributed by atoms with E-state index in [1.165, 1.54) is 23.8 Å². The first-order valence-electron chi connectivity index (χ1n) is 14.0. The third kappa shape index (κ3) is 5.11. The Hall–Kier alpha value is -5.35. The number of benzene rings is 5. The number of hydrogen-bond acceptors (Lipinski definition) is 4. The molecule has 4 nitrogen and oxygen atoms in total. The Morgan fingerprint density at radius 2 is 1.21 bits per heavy atom. The standard InChI is InChI=1S/C38H32N2O2/c1-42-37(41)35-23-22-30(28-36(35)31-14-6-2-7-15-31)24-25-39-26-27-40(29-39)38(32-16-8-3-9-17-32,33-18-10-4-11-19-33)34-20-12-5-13-21-34/h2-28H,29H2,1H3. The number of methoxy groups -OCH3 is 1. The van der Waals surface area contributed by atoms with Crippen LogP contribution in [-0.4, -0.2) is 29.5 Å². The maximum absolute atomic E-state index is 12.5. The third-order valence-electron chi connectivity index (χ3n) is 7.75. The second kappa shape index (κ2) is 12.0. The summed E-state index contributed by atoms with van der Waals surface area (Å²) >= 11 is 0. The molecule has 1 aliphatic rings. The Morgan fingerprint density at radius 1 is 0.690 bits per heavy atom. The van der Waals surface area contributed by atoms with Crippen LogP contribution < -0.4 is 0 Å². The van der Waals surface area contributed by atoms with Crippen molar-refractivity contribution >= 4 is 12.0 Å². The summed E-state index contributed by atoms with van der Waals surface area (Å²) in [6, 6.07) is 47.8. The van der Waals surface area contributed by atoms with Crippen molar-refractivity contribution in [2.45, 2.75) is 5.54 Å². The average molecular weight is 549 g/mol. The van der Waals surface area contributed by atoms with Crippen molar-refractivity contribution in [3.05, 3.63) is 186 Å². The highest BCUT2D eigenvalue weighted by molar-refractivity contribution is 5.97. The van der Waals surface area contributed by atoms with Crippen molar-refractivity contribution in [1.82, 2.24) is 9.80 Å². The van der Waals surface area contributed by atoms with Gasteiger partial charge in [-0.3, -0.25) is 0 Å². The van der Waals surface area contributed by atoms with Gasteiger partial charge < -0.3 is 14.5 Å². The van der Waals surface area contributed by atoms with Gasteiger partial charge >= 0.3 is 5.97 Å². The van der Waals surface area contributed by atoms with Gasteiger partial charge in [-0.15, -0.1) is 0 Å². The van der Waals surface area contributed by atoms with Crippen molar-refractivity contribution in [3.8, 4) is 11.1 Å². The molecule has 0 unspecified atom stereocenters. The average Bonchev–Trinajstić information content (AvgIpc) is 3.55. The lowest BCUT2D eigenvalue weighted by atomic mass is 9.76. The lowest BCUT2D eigenvalue weighted by Crippen LogP contribution is -2.45. The van der Waals surface area contributed by atoms with Gasteiger partial charge in [-0.25, -0.2) is 4.79 Å². The molecule has 0 spiro atoms. The zero-order valence-electron chi connectivity index (χ0n) is 23.5. The highest BCUT2D eigenvalue weighted by Gasteiger charge is 2.42. The molecule has 0 amide bonds. The van der Waals surface area contributed by atoms with Crippen LogP contribution >= 0.6 is 0 Å². The van der Waals surface area contributed by atoms with E-state index in [0.717, 1.165) is 16.7 Å². The molecule has 0 saturated carbocycles. The van der Waals surface area contributed by atoms with Crippen molar-refractivity contribution in [2.24, 2.45) is 0 Å². The summed E-state index contributed by atoms with van der Waals surface area (Å²) in [5.74, 6) is -0.346. The number of ether oxygens (including phenoxy) is 1. The Balaban J connectivity index is 1.35. The molecule has 6 rings (SSSR count). The van der Waals surface area contributed by atoms with E-state index >= 15 is 0 Å². The van der Waals surface area contributed by atoms with E-state index in [-0.39, 0.29) is 5.97 Å². The third-order valence-corrected chi connectivity index (χ3v) is 7.75. The summed E-state index contributed by atoms with van der Waals surface area (Å²) in [6.45, 7) is 0.654. The van der Waals surface area contributed by atoms with Gasteiger partial charge in [0.1, 0.15) is 5.54 Å². The molecule has 0 aromatic heterocycles. The van der Waals surface area contributed by atoms with Crippen LogP contribution in [0.2, 0.25) is 0 Å². The van der Waals surface area contributed by atoms with Gasteiger partial charge in [0.25, 0.3) is 0 Å². The Morgan fingerprint density at radius 3 is 1.74 bits per heavy atom. The molecule has 4 heteroatoms. The summed E-state index contributed by atoms with van der Waals surface area (Å²) in [6.07, 6.45) is 8.45. The van der Waals surface area contributed by atoms with Crippen LogP contribution in [0.4, 0.5) is 0 Å². The number of carbonyl (C=O) groups is 1. The second-order valence-electron chi connectivity index (χ2n) is 10.2. The molecule has 0 radical (unpaired) electrons. The van der Waals surface area contributed by atoms with Gasteiger partial charge in [-0.1, -0.05) is 127 Å². The number of carbonyl (C=O) groups excluding carboxylic acids is 1. The zero-order valence-corrected chi connectivity index (χ0v) is 23.5. The summed E-state index contributed by atoms with van der Waals surface area (Å²) < 4.78 is 5.05. The number of nitrogens with zero attached hydrogens (tertiary/aromatic N) is 2. The minimum Gasteiger partial charge on any atom is -0.465 e. The molecule has 0 fully saturated rings. The van der Waals surface area contributed by atoms with Gasteiger partial charge in [-0.05, 0) is 51.6 Å². The quantitative estimate of drug-likeness (QED) is 0.145. The first-order valence-corrected chi connectivity index (χ1v) is 14.0. The normalized spacial score (nSPS) is 13.1. The highest BCUT2D eigenvalue weighted by Crippen LogP contribution is 2.43. The van der Waals surface area contributed by atoms with Gasteiger partial charge in [-0.2, -0.15) is 0 Å². The summed E-state index contributed by atoms with van der Waals surface area (Å²) in [7, 11) is 1.41. The Kier molecular flexibility index (Phi) is 7.69. The first-order chi connectivity index (χ1) is 20.7. The van der Waals surface area contributed by atoms with Crippen molar-refractivity contribution in [2.75, 3.05) is 13.8 Å². The van der Waals surface area contributed by atoms with E-state index in [1.807, 2.05) is 48.5 Å². The maximum atomic E-state index is 12.5. The van der Waals surface area contributed by atoms with Gasteiger partial charge in [0.05, 0.1) is 19.3 Å². The van der Waals surface area contributed by atoms with E-state index in [4.69, 9.17) is 4.74 Å². The smallest absolute Gasteiger partial charge is 0.338 e. The predicted octanol–water partition coefficient (Wildman–Crippen LogP) is 8.15. The molecule has 0 atom stereocenters. The lowest BCUT2D eigenvalue weighted by Gasteiger charge is -2.44. The van der Waals surface area contributed by atoms with Crippen LogP contribution in [0.15, 0.2) is 158 Å². The number of hydrogen-bond donors (Lipinski definition) is 0. The topological polar surface area (TPSA) is 32.8 Å². The van der Waals surface area contributed by atoms with Crippen LogP contribution in [0.25, 0.3) is 17.2 Å². The molecular weight excluding hydrogens is 516 g/mol. The fourth-order valence-corrected chi connectivity index (χ4v) is 5.78. The predicted molar refractivity (Wildman–Crippen MR) is 169 cm³/mol. The molecule has 1 aliphatic heterocycles. The minimum absolute atomic E-state index is 0.346. The van der Waals surface area contributed by atoms with Crippen LogP contribution in [0.3, 0.4) is 0 Å². The SMILES string of the molecule is COC(=O)c1ccc(C=CN2C=CN(C(c3ccccc3)(c3ccccc3)c3ccccc3)C2)cc1-c1ccccc1. The Bertz CT molecular complexity index is 1600. The summed E-state index contributed by atoms with van der Waals surface area (Å²) in [5, 5.41) is 0. The zero-order chi connectivity index (χ0) is 28.8. The van der Waals surface area contributed by atoms with Crippen molar-refractivity contribution < 1.29 is 9.53 Å². The monoisotopic (exact) mass is 548 g/mol. The van der Waals surface area contributed by atoms with E-state index in [1.54, 1.807) is 0 Å². The largest absolute Gasteiger partial charge is 0.465 e. The molecule has 42 heavy (non-hydrogen) atoms. The van der Waals surface area contributed by atoms with Crippen LogP contribution in [-0.2, 0) is 10.3 Å². The maximum Gasteiger partial charge on any atom is 0.338 e. The molecular formula is C38H32N2O2. The molecule has 0 bridgehead atoms. The molecule has 5 aromatic rings. The second-order valence-corrected chi connectivity index (χ2v) is 10.2. The van der Waals surface area contributed by atoms with Gasteiger partial charge in [0.15, 0.2) is 0 Å². The van der Waals surface area contributed by atoms with Crippen molar-refractivity contribution in [1.29, 1.82) is 0 Å². The Labute approximate surface area is 247 Å². The van der Waals surface area contributed by atoms with E-state index in [2.05, 4.69) is 125 Å². The van der Waals surface area contributed by atoms with E-state index < -0.39 is 5.54 Å². The van der Waals surface area contributed by atoms with Gasteiger partial charge in [0, 0.05) is 18.6 Å². The van der Waals surface area contributed by atoms with Crippen LogP contribution in [0.5, 0.6) is 0 Å². The molecule has 0 saturated heterocycles. The molecule has 206 valence electrons. The van der Waals surface area contributed by atoms with E-state index in [0.29, 0.717) is 12.2 Å². The molecule has 0 N–H and O–H groups in total. The number of esters is 1. The molecule has 5 aromatic carbocycles. The fraction of sp³-hybridized carbons (Fsp3) is 0.0789. The highest BCUT2D eigenvalue weighted by atomic mass is 16.5. The fourth-order valence-electron chi connectivity index (χ4n) is 5.78. The van der Waals surface area contributed by atoms with Crippen LogP contribution in [0.1, 0.15) is 32.6 Å². The minimum atomic E-state index is -0.522. The van der Waals surface area contributed by atoms with Crippen molar-refractivity contribution in [3.63, 3.8) is 0 Å². The van der Waals surface area contributed by atoms with Crippen LogP contribution in [0, 0.1) is 0 Å². The van der Waals surface area contributed by atoms with Gasteiger partial charge in [0.2, 0.25) is 0 Å². The molecule has 1 heterocycles. The summed E-state index contributed by atoms with van der Waals surface area (Å²) in [5.41, 5.74) is 6.43. The summed E-state index contributed by atoms with van der Waals surface area (Å²) in [4.78, 5) is 17.1. The first kappa shape index (κ1) is 26.9. The lowest BCUT2D eigenvalue weighted by molar-refractivity contribution is 0.0601.